The van der Waals surface area contributed by atoms with Gasteiger partial charge in [0.2, 0.25) is 0 Å². The molecular weight excluding hydrogens is 236 g/mol. The number of halogens is 2. The zero-order valence-corrected chi connectivity index (χ0v) is 10.5. The lowest BCUT2D eigenvalue weighted by Gasteiger charge is -2.16. The van der Waals surface area contributed by atoms with Gasteiger partial charge in [0.15, 0.2) is 0 Å². The maximum atomic E-state index is 13.9. The fraction of sp³-hybridized carbons (Fsp3) is 0.308. The molecule has 96 valence electrons. The Morgan fingerprint density at radius 1 is 1.28 bits per heavy atom. The smallest absolute Gasteiger partial charge is 0.131 e. The first-order chi connectivity index (χ1) is 8.30. The number of nitrogens with two attached hydrogens (primary N) is 1. The van der Waals surface area contributed by atoms with Gasteiger partial charge in [-0.25, -0.2) is 8.78 Å². The summed E-state index contributed by atoms with van der Waals surface area (Å²) in [5.74, 6) is -0.0922. The third-order valence-corrected chi connectivity index (χ3v) is 2.93. The van der Waals surface area contributed by atoms with Gasteiger partial charge in [-0.15, -0.1) is 0 Å². The highest BCUT2D eigenvalue weighted by Crippen LogP contribution is 2.32. The van der Waals surface area contributed by atoms with Gasteiger partial charge in [-0.3, -0.25) is 4.68 Å². The van der Waals surface area contributed by atoms with E-state index in [2.05, 4.69) is 5.10 Å². The van der Waals surface area contributed by atoms with Crippen molar-refractivity contribution in [3.63, 3.8) is 0 Å². The zero-order valence-electron chi connectivity index (χ0n) is 10.5. The quantitative estimate of drug-likeness (QED) is 0.891. The second kappa shape index (κ2) is 4.08. The first-order valence-corrected chi connectivity index (χ1v) is 5.57. The van der Waals surface area contributed by atoms with E-state index in [-0.39, 0.29) is 5.56 Å². The molecule has 2 N–H and O–H groups in total. The molecule has 0 saturated heterocycles. The van der Waals surface area contributed by atoms with Crippen molar-refractivity contribution >= 4 is 5.82 Å². The number of aromatic nitrogens is 2. The molecule has 0 aliphatic carbocycles. The van der Waals surface area contributed by atoms with E-state index in [4.69, 9.17) is 5.73 Å². The number of rotatable bonds is 2. The molecule has 1 aromatic heterocycles. The Kier molecular flexibility index (Phi) is 2.84. The average molecular weight is 251 g/mol. The Morgan fingerprint density at radius 3 is 2.44 bits per heavy atom. The number of hydrogen-bond acceptors (Lipinski definition) is 2. The molecule has 0 spiro atoms. The predicted octanol–water partition coefficient (Wildman–Crippen LogP) is 3.01. The molecule has 0 saturated carbocycles. The van der Waals surface area contributed by atoms with Crippen LogP contribution in [-0.2, 0) is 12.7 Å². The molecular formula is C13H15F2N3. The molecule has 0 aliphatic heterocycles. The summed E-state index contributed by atoms with van der Waals surface area (Å²) in [7, 11) is 1.67. The van der Waals surface area contributed by atoms with E-state index >= 15 is 0 Å². The highest BCUT2D eigenvalue weighted by Gasteiger charge is 2.21. The van der Waals surface area contributed by atoms with Gasteiger partial charge >= 0.3 is 0 Å². The third kappa shape index (κ3) is 2.08. The third-order valence-electron chi connectivity index (χ3n) is 2.93. The van der Waals surface area contributed by atoms with Gasteiger partial charge in [0.05, 0.1) is 6.20 Å². The minimum absolute atomic E-state index is 0.267. The van der Waals surface area contributed by atoms with Crippen molar-refractivity contribution in [2.75, 3.05) is 5.73 Å². The maximum Gasteiger partial charge on any atom is 0.131 e. The van der Waals surface area contributed by atoms with Crippen LogP contribution in [0.3, 0.4) is 0 Å². The highest BCUT2D eigenvalue weighted by molar-refractivity contribution is 5.74. The van der Waals surface area contributed by atoms with Crippen LogP contribution in [0.25, 0.3) is 11.1 Å². The van der Waals surface area contributed by atoms with Gasteiger partial charge in [0, 0.05) is 18.2 Å². The predicted molar refractivity (Wildman–Crippen MR) is 67.1 cm³/mol. The Hall–Kier alpha value is -1.91. The summed E-state index contributed by atoms with van der Waals surface area (Å²) < 4.78 is 29.1. The second-order valence-corrected chi connectivity index (χ2v) is 4.73. The summed E-state index contributed by atoms with van der Waals surface area (Å²) in [6, 6.07) is 4.16. The topological polar surface area (TPSA) is 43.8 Å². The van der Waals surface area contributed by atoms with Crippen molar-refractivity contribution in [3.8, 4) is 11.1 Å². The van der Waals surface area contributed by atoms with E-state index in [9.17, 15) is 8.78 Å². The largest absolute Gasteiger partial charge is 0.383 e. The van der Waals surface area contributed by atoms with Crippen LogP contribution < -0.4 is 5.73 Å². The Morgan fingerprint density at radius 2 is 1.94 bits per heavy atom. The summed E-state index contributed by atoms with van der Waals surface area (Å²) in [6.07, 6.45) is 1.47. The Bertz CT molecular complexity index is 582. The van der Waals surface area contributed by atoms with Crippen LogP contribution in [0, 0.1) is 5.82 Å². The second-order valence-electron chi connectivity index (χ2n) is 4.73. The van der Waals surface area contributed by atoms with Crippen LogP contribution in [-0.4, -0.2) is 9.78 Å². The number of alkyl halides is 1. The van der Waals surface area contributed by atoms with E-state index in [1.807, 2.05) is 0 Å². The Labute approximate surface area is 104 Å². The molecule has 0 bridgehead atoms. The van der Waals surface area contributed by atoms with Crippen molar-refractivity contribution in [2.45, 2.75) is 19.5 Å². The highest BCUT2D eigenvalue weighted by atomic mass is 19.1. The van der Waals surface area contributed by atoms with Gasteiger partial charge in [-0.05, 0) is 31.5 Å². The van der Waals surface area contributed by atoms with Crippen LogP contribution >= 0.6 is 0 Å². The number of aryl methyl sites for hydroxylation is 1. The van der Waals surface area contributed by atoms with E-state index in [0.29, 0.717) is 16.9 Å². The number of nitrogens with zero attached hydrogens (tertiary/aromatic N) is 2. The van der Waals surface area contributed by atoms with Crippen molar-refractivity contribution in [3.05, 3.63) is 35.8 Å². The summed E-state index contributed by atoms with van der Waals surface area (Å²) in [4.78, 5) is 0. The molecule has 0 atom stereocenters. The van der Waals surface area contributed by atoms with Crippen LogP contribution in [0.1, 0.15) is 19.4 Å². The molecule has 0 amide bonds. The van der Waals surface area contributed by atoms with Gasteiger partial charge in [-0.1, -0.05) is 6.07 Å². The molecule has 1 heterocycles. The summed E-state index contributed by atoms with van der Waals surface area (Å²) in [5.41, 5.74) is 5.42. The van der Waals surface area contributed by atoms with E-state index in [1.54, 1.807) is 7.05 Å². The monoisotopic (exact) mass is 251 g/mol. The number of hydrogen-bond donors (Lipinski definition) is 1. The van der Waals surface area contributed by atoms with Gasteiger partial charge in [-0.2, -0.15) is 5.10 Å². The standard InChI is InChI=1S/C13H15F2N3/c1-13(2,15)8-4-5-11(14)9(6-8)10-7-17-18(3)12(10)16/h4-7H,16H2,1-3H3. The van der Waals surface area contributed by atoms with E-state index in [0.717, 1.165) is 0 Å². The van der Waals surface area contributed by atoms with Gasteiger partial charge < -0.3 is 5.73 Å². The average Bonchev–Trinajstić information content (AvgIpc) is 2.59. The SMILES string of the molecule is Cn1ncc(-c2cc(C(C)(C)F)ccc2F)c1N. The lowest BCUT2D eigenvalue weighted by molar-refractivity contribution is 0.221. The molecule has 1 aromatic carbocycles. The van der Waals surface area contributed by atoms with Crippen molar-refractivity contribution in [1.82, 2.24) is 9.78 Å². The minimum atomic E-state index is -1.53. The van der Waals surface area contributed by atoms with Crippen molar-refractivity contribution in [2.24, 2.45) is 7.05 Å². The molecule has 0 fully saturated rings. The van der Waals surface area contributed by atoms with E-state index < -0.39 is 11.5 Å². The van der Waals surface area contributed by atoms with Crippen LogP contribution in [0.2, 0.25) is 0 Å². The molecule has 0 unspecified atom stereocenters. The summed E-state index contributed by atoms with van der Waals surface area (Å²) >= 11 is 0. The van der Waals surface area contributed by atoms with Crippen molar-refractivity contribution in [1.29, 1.82) is 0 Å². The van der Waals surface area contributed by atoms with Gasteiger partial charge in [0.1, 0.15) is 17.3 Å². The normalized spacial score (nSPS) is 11.8. The van der Waals surface area contributed by atoms with Crippen LogP contribution in [0.4, 0.5) is 14.6 Å². The summed E-state index contributed by atoms with van der Waals surface area (Å²) in [6.45, 7) is 2.85. The molecule has 0 aliphatic rings. The fourth-order valence-corrected chi connectivity index (χ4v) is 1.76. The van der Waals surface area contributed by atoms with Crippen LogP contribution in [0.5, 0.6) is 0 Å². The number of anilines is 1. The molecule has 3 nitrogen and oxygen atoms in total. The Balaban J connectivity index is 2.61. The molecule has 2 aromatic rings. The number of nitrogen functional groups attached to an aromatic ring is 1. The van der Waals surface area contributed by atoms with E-state index in [1.165, 1.54) is 42.9 Å². The molecule has 0 radical (unpaired) electrons. The maximum absolute atomic E-state index is 13.9. The zero-order chi connectivity index (χ0) is 13.5. The first-order valence-electron chi connectivity index (χ1n) is 5.57. The van der Waals surface area contributed by atoms with Crippen molar-refractivity contribution < 1.29 is 8.78 Å². The molecule has 18 heavy (non-hydrogen) atoms. The fourth-order valence-electron chi connectivity index (χ4n) is 1.76. The van der Waals surface area contributed by atoms with Crippen LogP contribution in [0.15, 0.2) is 24.4 Å². The number of benzene rings is 1. The minimum Gasteiger partial charge on any atom is -0.383 e. The molecule has 5 heteroatoms. The summed E-state index contributed by atoms with van der Waals surface area (Å²) in [5, 5.41) is 3.96. The first kappa shape index (κ1) is 12.5. The lowest BCUT2D eigenvalue weighted by Crippen LogP contribution is -2.09. The van der Waals surface area contributed by atoms with Gasteiger partial charge in [0.25, 0.3) is 0 Å². The molecule has 2 rings (SSSR count). The lowest BCUT2D eigenvalue weighted by atomic mass is 9.96.